The summed E-state index contributed by atoms with van der Waals surface area (Å²) in [6.45, 7) is 2.59. The Kier molecular flexibility index (Phi) is 6.43. The van der Waals surface area contributed by atoms with Gasteiger partial charge < -0.3 is 21.3 Å². The number of imidazole rings is 1. The molecule has 2 fully saturated rings. The van der Waals surface area contributed by atoms with Gasteiger partial charge in [-0.3, -0.25) is 4.79 Å². The van der Waals surface area contributed by atoms with Gasteiger partial charge in [-0.1, -0.05) is 11.6 Å². The van der Waals surface area contributed by atoms with Crippen molar-refractivity contribution in [1.82, 2.24) is 30.0 Å². The Morgan fingerprint density at radius 3 is 2.64 bits per heavy atom. The second-order valence-electron chi connectivity index (χ2n) is 8.56. The maximum atomic E-state index is 11.0. The number of hydrogen-bond donors (Lipinski definition) is 4. The smallest absolute Gasteiger partial charge is 0.247 e. The molecule has 0 bridgehead atoms. The van der Waals surface area contributed by atoms with Crippen molar-refractivity contribution < 1.29 is 4.79 Å². The van der Waals surface area contributed by atoms with Crippen LogP contribution in [0.1, 0.15) is 24.1 Å². The van der Waals surface area contributed by atoms with E-state index in [0.29, 0.717) is 65.6 Å². The zero-order valence-electron chi connectivity index (χ0n) is 19.2. The van der Waals surface area contributed by atoms with Gasteiger partial charge in [-0.05, 0) is 25.0 Å². The van der Waals surface area contributed by atoms with E-state index in [2.05, 4.69) is 48.2 Å². The average molecular weight is 507 g/mol. The van der Waals surface area contributed by atoms with Gasteiger partial charge in [0.1, 0.15) is 6.07 Å². The van der Waals surface area contributed by atoms with Crippen LogP contribution < -0.4 is 26.7 Å². The number of nitriles is 2. The lowest BCUT2D eigenvalue weighted by molar-refractivity contribution is -0.118. The third-order valence-corrected chi connectivity index (χ3v) is 6.32. The van der Waals surface area contributed by atoms with Crippen LogP contribution in [0.25, 0.3) is 5.65 Å². The van der Waals surface area contributed by atoms with Gasteiger partial charge in [0.2, 0.25) is 11.9 Å². The number of fused-ring (bicyclic) bond motifs is 1. The van der Waals surface area contributed by atoms with Gasteiger partial charge in [0, 0.05) is 32.2 Å². The molecule has 14 heteroatoms. The Morgan fingerprint density at radius 2 is 1.97 bits per heavy atom. The topological polar surface area (TPSA) is 176 Å². The molecule has 36 heavy (non-hydrogen) atoms. The van der Waals surface area contributed by atoms with Gasteiger partial charge in [-0.15, -0.1) is 5.10 Å². The van der Waals surface area contributed by atoms with E-state index in [4.69, 9.17) is 17.3 Å². The van der Waals surface area contributed by atoms with Crippen LogP contribution in [-0.4, -0.2) is 69.3 Å². The maximum Gasteiger partial charge on any atom is 0.247 e. The minimum Gasteiger partial charge on any atom is -0.369 e. The number of anilines is 4. The fourth-order valence-corrected chi connectivity index (χ4v) is 4.21. The number of carbonyl (C=O) groups excluding carboxylic acids is 1. The van der Waals surface area contributed by atoms with E-state index >= 15 is 0 Å². The number of carbonyl (C=O) groups is 1. The maximum absolute atomic E-state index is 11.0. The molecule has 13 nitrogen and oxygen atoms in total. The number of nitrogens with zero attached hydrogens (tertiary/aromatic N) is 8. The lowest BCUT2D eigenvalue weighted by Gasteiger charge is -2.36. The number of rotatable bonds is 8. The lowest BCUT2D eigenvalue weighted by atomic mass is 10.1. The summed E-state index contributed by atoms with van der Waals surface area (Å²) in [6.07, 6.45) is 3.52. The highest BCUT2D eigenvalue weighted by Crippen LogP contribution is 2.36. The summed E-state index contributed by atoms with van der Waals surface area (Å²) < 4.78 is 1.43. The van der Waals surface area contributed by atoms with Crippen molar-refractivity contribution in [1.29, 1.82) is 10.5 Å². The zero-order chi connectivity index (χ0) is 25.2. The molecule has 0 radical (unpaired) electrons. The van der Waals surface area contributed by atoms with E-state index in [9.17, 15) is 15.3 Å². The van der Waals surface area contributed by atoms with Crippen LogP contribution in [0.2, 0.25) is 5.02 Å². The Morgan fingerprint density at radius 1 is 1.19 bits per heavy atom. The number of benzene rings is 1. The largest absolute Gasteiger partial charge is 0.369 e. The summed E-state index contributed by atoms with van der Waals surface area (Å²) in [5.74, 6) is 0.304. The van der Waals surface area contributed by atoms with Crippen LogP contribution in [0.4, 0.5) is 23.1 Å². The molecular weight excluding hydrogens is 484 g/mol. The molecule has 1 aliphatic carbocycles. The zero-order valence-corrected chi connectivity index (χ0v) is 20.0. The summed E-state index contributed by atoms with van der Waals surface area (Å²) >= 11 is 6.80. The van der Waals surface area contributed by atoms with Gasteiger partial charge in [0.05, 0.1) is 40.8 Å². The number of piperazine rings is 1. The molecule has 1 aliphatic heterocycles. The van der Waals surface area contributed by atoms with Crippen molar-refractivity contribution in [3.63, 3.8) is 0 Å². The standard InChI is InChI=1S/C22H23ClN12O/c23-19-16(7-13(9-24)8-17(19)33-3-5-34(6-4-33)28-12-18(26)36)30-22-31-20(29-14-1-2-14)21-27-11-15(10-25)35(21)32-22/h7-8,11,14,28H,1-6,12H2,(H2,26,36)(H2,29,30,31,32). The van der Waals surface area contributed by atoms with E-state index in [0.717, 1.165) is 12.8 Å². The summed E-state index contributed by atoms with van der Waals surface area (Å²) in [5.41, 5.74) is 10.5. The molecule has 2 aromatic heterocycles. The van der Waals surface area contributed by atoms with Gasteiger partial charge in [0.25, 0.3) is 0 Å². The first-order chi connectivity index (χ1) is 17.4. The van der Waals surface area contributed by atoms with Crippen LogP contribution in [-0.2, 0) is 4.79 Å². The molecule has 1 saturated carbocycles. The highest BCUT2D eigenvalue weighted by atomic mass is 35.5. The van der Waals surface area contributed by atoms with Gasteiger partial charge in [-0.2, -0.15) is 20.0 Å². The van der Waals surface area contributed by atoms with Crippen molar-refractivity contribution in [3.05, 3.63) is 34.6 Å². The first kappa shape index (κ1) is 23.6. The Bertz CT molecular complexity index is 1390. The molecule has 5 N–H and O–H groups in total. The number of primary amides is 1. The number of hydrogen-bond acceptors (Lipinski definition) is 11. The minimum atomic E-state index is -0.425. The fourth-order valence-electron chi connectivity index (χ4n) is 3.94. The highest BCUT2D eigenvalue weighted by Gasteiger charge is 2.25. The number of aromatic nitrogens is 4. The molecule has 3 heterocycles. The van der Waals surface area contributed by atoms with Gasteiger partial charge >= 0.3 is 0 Å². The second kappa shape index (κ2) is 9.83. The molecule has 1 saturated heterocycles. The Hall–Kier alpha value is -4.17. The first-order valence-electron chi connectivity index (χ1n) is 11.4. The lowest BCUT2D eigenvalue weighted by Crippen LogP contribution is -2.53. The van der Waals surface area contributed by atoms with Crippen molar-refractivity contribution in [2.45, 2.75) is 18.9 Å². The summed E-state index contributed by atoms with van der Waals surface area (Å²) in [4.78, 5) is 22.0. The van der Waals surface area contributed by atoms with Crippen LogP contribution in [0.3, 0.4) is 0 Å². The third-order valence-electron chi connectivity index (χ3n) is 5.92. The van der Waals surface area contributed by atoms with E-state index in [-0.39, 0.29) is 18.2 Å². The van der Waals surface area contributed by atoms with E-state index in [1.807, 2.05) is 5.01 Å². The fraction of sp³-hybridized carbons (Fsp3) is 0.364. The summed E-state index contributed by atoms with van der Waals surface area (Å²) in [6, 6.07) is 7.95. The monoisotopic (exact) mass is 506 g/mol. The molecule has 3 aromatic rings. The SMILES string of the molecule is N#Cc1cc(Nc2nc(NC3CC3)c3ncc(C#N)n3n2)c(Cl)c(N2CCN(NCC(N)=O)CC2)c1. The van der Waals surface area contributed by atoms with Crippen molar-refractivity contribution in [2.24, 2.45) is 5.73 Å². The number of halogens is 1. The van der Waals surface area contributed by atoms with Crippen LogP contribution in [0.5, 0.6) is 0 Å². The quantitative estimate of drug-likeness (QED) is 0.342. The number of hydrazine groups is 1. The van der Waals surface area contributed by atoms with Crippen LogP contribution in [0.15, 0.2) is 18.3 Å². The molecular formula is C22H23ClN12O. The number of amides is 1. The molecule has 184 valence electrons. The normalized spacial score (nSPS) is 15.9. The van der Waals surface area contributed by atoms with Crippen LogP contribution >= 0.6 is 11.6 Å². The van der Waals surface area contributed by atoms with Gasteiger partial charge in [-0.25, -0.2) is 15.4 Å². The van der Waals surface area contributed by atoms with Crippen LogP contribution in [0, 0.1) is 22.7 Å². The molecule has 0 spiro atoms. The minimum absolute atomic E-state index is 0.0745. The van der Waals surface area contributed by atoms with Crippen molar-refractivity contribution in [2.75, 3.05) is 48.3 Å². The van der Waals surface area contributed by atoms with Gasteiger partial charge in [0.15, 0.2) is 17.2 Å². The Balaban J connectivity index is 1.42. The predicted octanol–water partition coefficient (Wildman–Crippen LogP) is 0.951. The third kappa shape index (κ3) is 4.94. The van der Waals surface area contributed by atoms with Crippen molar-refractivity contribution in [3.8, 4) is 12.1 Å². The Labute approximate surface area is 211 Å². The molecule has 0 unspecified atom stereocenters. The molecule has 5 rings (SSSR count). The molecule has 1 amide bonds. The first-order valence-corrected chi connectivity index (χ1v) is 11.8. The average Bonchev–Trinajstić information content (AvgIpc) is 3.60. The molecule has 1 aromatic carbocycles. The van der Waals surface area contributed by atoms with E-state index in [1.165, 1.54) is 10.7 Å². The predicted molar refractivity (Wildman–Crippen MR) is 133 cm³/mol. The summed E-state index contributed by atoms with van der Waals surface area (Å²) in [7, 11) is 0. The molecule has 0 atom stereocenters. The number of nitrogens with one attached hydrogen (secondary N) is 3. The highest BCUT2D eigenvalue weighted by molar-refractivity contribution is 6.36. The molecule has 2 aliphatic rings. The number of nitrogens with two attached hydrogens (primary N) is 1. The summed E-state index contributed by atoms with van der Waals surface area (Å²) in [5, 5.41) is 32.3. The van der Waals surface area contributed by atoms with E-state index in [1.54, 1.807) is 12.1 Å². The van der Waals surface area contributed by atoms with E-state index < -0.39 is 5.91 Å². The second-order valence-corrected chi connectivity index (χ2v) is 8.94. The van der Waals surface area contributed by atoms with Crippen molar-refractivity contribution >= 4 is 46.3 Å².